The van der Waals surface area contributed by atoms with Crippen molar-refractivity contribution >= 4 is 26.0 Å². The maximum atomic E-state index is 12.6. The quantitative estimate of drug-likeness (QED) is 0.740. The molecule has 2 rings (SSSR count). The molecule has 0 aliphatic carbocycles. The first-order valence-electron chi connectivity index (χ1n) is 6.21. The van der Waals surface area contributed by atoms with Gasteiger partial charge in [-0.25, -0.2) is 8.42 Å². The van der Waals surface area contributed by atoms with Gasteiger partial charge in [-0.3, -0.25) is 0 Å². The molecule has 0 radical (unpaired) electrons. The van der Waals surface area contributed by atoms with E-state index in [1.54, 1.807) is 4.31 Å². The van der Waals surface area contributed by atoms with Crippen LogP contribution >= 0.6 is 15.9 Å². The first-order valence-corrected chi connectivity index (χ1v) is 8.84. The summed E-state index contributed by atoms with van der Waals surface area (Å²) in [5.74, 6) is 0.448. The van der Waals surface area contributed by atoms with Crippen molar-refractivity contribution in [2.75, 3.05) is 25.1 Å². The molecule has 2 saturated heterocycles. The fourth-order valence-electron chi connectivity index (χ4n) is 2.68. The highest BCUT2D eigenvalue weighted by Gasteiger charge is 2.42. The van der Waals surface area contributed by atoms with Gasteiger partial charge < -0.3 is 4.74 Å². The molecule has 2 atom stereocenters. The van der Waals surface area contributed by atoms with Crippen molar-refractivity contribution in [3.8, 4) is 0 Å². The maximum Gasteiger partial charge on any atom is 0.217 e. The molecule has 2 heterocycles. The number of alkyl halides is 1. The fraction of sp³-hybridized carbons (Fsp3) is 1.00. The van der Waals surface area contributed by atoms with E-state index in [9.17, 15) is 8.42 Å². The van der Waals surface area contributed by atoms with Crippen molar-refractivity contribution in [2.24, 2.45) is 5.92 Å². The van der Waals surface area contributed by atoms with Crippen LogP contribution in [0.3, 0.4) is 0 Å². The third kappa shape index (κ3) is 2.69. The minimum absolute atomic E-state index is 0.128. The summed E-state index contributed by atoms with van der Waals surface area (Å²) in [6.07, 6.45) is 2.25. The van der Waals surface area contributed by atoms with Gasteiger partial charge in [0.1, 0.15) is 0 Å². The van der Waals surface area contributed by atoms with Gasteiger partial charge in [0, 0.05) is 31.1 Å². The van der Waals surface area contributed by atoms with Gasteiger partial charge in [-0.15, -0.1) is 0 Å². The number of sulfonamides is 1. The molecule has 2 fully saturated rings. The summed E-state index contributed by atoms with van der Waals surface area (Å²) in [7, 11) is -3.13. The molecule has 100 valence electrons. The van der Waals surface area contributed by atoms with E-state index in [-0.39, 0.29) is 11.3 Å². The molecule has 0 bridgehead atoms. The number of nitrogens with zero attached hydrogens (tertiary/aromatic N) is 1. The zero-order valence-electron chi connectivity index (χ0n) is 10.1. The van der Waals surface area contributed by atoms with Crippen molar-refractivity contribution in [2.45, 2.75) is 37.5 Å². The lowest BCUT2D eigenvalue weighted by Crippen LogP contribution is -2.45. The van der Waals surface area contributed by atoms with Crippen LogP contribution in [-0.4, -0.2) is 49.1 Å². The summed E-state index contributed by atoms with van der Waals surface area (Å²) in [5.41, 5.74) is 0. The summed E-state index contributed by atoms with van der Waals surface area (Å²) >= 11 is 3.44. The second-order valence-corrected chi connectivity index (χ2v) is 7.77. The Morgan fingerprint density at radius 3 is 2.53 bits per heavy atom. The normalized spacial score (nSPS) is 33.1. The minimum atomic E-state index is -3.13. The molecular formula is C11H20BrNO3S. The first kappa shape index (κ1) is 13.8. The number of ether oxygens (including phenoxy) is 1. The molecule has 2 aliphatic rings. The predicted molar refractivity (Wildman–Crippen MR) is 70.8 cm³/mol. The highest BCUT2D eigenvalue weighted by Crippen LogP contribution is 2.31. The van der Waals surface area contributed by atoms with Gasteiger partial charge >= 0.3 is 0 Å². The van der Waals surface area contributed by atoms with Gasteiger partial charge in [-0.05, 0) is 25.2 Å². The SMILES string of the molecule is CC1CCN(S(=O)(=O)C2CCOCC2)C1CBr. The molecule has 0 spiro atoms. The highest BCUT2D eigenvalue weighted by molar-refractivity contribution is 9.09. The summed E-state index contributed by atoms with van der Waals surface area (Å²) < 4.78 is 32.1. The Kier molecular flexibility index (Phi) is 4.50. The Balaban J connectivity index is 2.14. The second-order valence-electron chi connectivity index (χ2n) is 4.96. The Labute approximate surface area is 112 Å². The van der Waals surface area contributed by atoms with E-state index in [2.05, 4.69) is 22.9 Å². The summed E-state index contributed by atoms with van der Waals surface area (Å²) in [4.78, 5) is 0. The molecule has 0 aromatic rings. The topological polar surface area (TPSA) is 46.6 Å². The molecule has 6 heteroatoms. The molecule has 0 aromatic heterocycles. The predicted octanol–water partition coefficient (Wildman–Crippen LogP) is 1.60. The zero-order chi connectivity index (χ0) is 12.5. The van der Waals surface area contributed by atoms with E-state index in [1.165, 1.54) is 0 Å². The zero-order valence-corrected chi connectivity index (χ0v) is 12.5. The van der Waals surface area contributed by atoms with E-state index in [0.717, 1.165) is 11.8 Å². The average Bonchev–Trinajstić information content (AvgIpc) is 2.72. The van der Waals surface area contributed by atoms with E-state index < -0.39 is 10.0 Å². The lowest BCUT2D eigenvalue weighted by atomic mass is 10.1. The molecule has 4 nitrogen and oxygen atoms in total. The molecular weight excluding hydrogens is 306 g/mol. The van der Waals surface area contributed by atoms with Gasteiger partial charge in [0.25, 0.3) is 0 Å². The van der Waals surface area contributed by atoms with Crippen molar-refractivity contribution in [1.82, 2.24) is 4.31 Å². The van der Waals surface area contributed by atoms with Crippen molar-refractivity contribution in [1.29, 1.82) is 0 Å². The van der Waals surface area contributed by atoms with Crippen LogP contribution in [0.1, 0.15) is 26.2 Å². The van der Waals surface area contributed by atoms with Gasteiger partial charge in [0.05, 0.1) is 5.25 Å². The van der Waals surface area contributed by atoms with Gasteiger partial charge in [0.2, 0.25) is 10.0 Å². The molecule has 17 heavy (non-hydrogen) atoms. The van der Waals surface area contributed by atoms with E-state index in [0.29, 0.717) is 38.5 Å². The minimum Gasteiger partial charge on any atom is -0.381 e. The average molecular weight is 326 g/mol. The van der Waals surface area contributed by atoms with Crippen LogP contribution in [0, 0.1) is 5.92 Å². The Morgan fingerprint density at radius 1 is 1.29 bits per heavy atom. The number of halogens is 1. The van der Waals surface area contributed by atoms with Gasteiger partial charge in [-0.1, -0.05) is 22.9 Å². The van der Waals surface area contributed by atoms with Gasteiger partial charge in [-0.2, -0.15) is 4.31 Å². The second kappa shape index (κ2) is 5.55. The monoisotopic (exact) mass is 325 g/mol. The Hall–Kier alpha value is 0.350. The Morgan fingerprint density at radius 2 is 1.94 bits per heavy atom. The summed E-state index contributed by atoms with van der Waals surface area (Å²) in [6, 6.07) is 0.128. The summed E-state index contributed by atoms with van der Waals surface area (Å²) in [5, 5.41) is 0.500. The van der Waals surface area contributed by atoms with Crippen LogP contribution in [0.2, 0.25) is 0 Å². The lowest BCUT2D eigenvalue weighted by molar-refractivity contribution is 0.0971. The van der Waals surface area contributed by atoms with Gasteiger partial charge in [0.15, 0.2) is 0 Å². The molecule has 2 unspecified atom stereocenters. The van der Waals surface area contributed by atoms with Crippen molar-refractivity contribution in [3.63, 3.8) is 0 Å². The van der Waals surface area contributed by atoms with Crippen LogP contribution in [0.5, 0.6) is 0 Å². The number of rotatable bonds is 3. The summed E-state index contributed by atoms with van der Waals surface area (Å²) in [6.45, 7) is 3.96. The van der Waals surface area contributed by atoms with Crippen LogP contribution in [0.25, 0.3) is 0 Å². The molecule has 0 aromatic carbocycles. The molecule has 0 saturated carbocycles. The van der Waals surface area contributed by atoms with Crippen LogP contribution in [0.15, 0.2) is 0 Å². The van der Waals surface area contributed by atoms with Crippen LogP contribution < -0.4 is 0 Å². The van der Waals surface area contributed by atoms with Crippen LogP contribution in [0.4, 0.5) is 0 Å². The Bertz CT molecular complexity index is 354. The van der Waals surface area contributed by atoms with Crippen molar-refractivity contribution < 1.29 is 13.2 Å². The fourth-order valence-corrected chi connectivity index (χ4v) is 6.05. The third-order valence-electron chi connectivity index (χ3n) is 3.91. The molecule has 2 aliphatic heterocycles. The van der Waals surface area contributed by atoms with E-state index >= 15 is 0 Å². The number of hydrogen-bond acceptors (Lipinski definition) is 3. The van der Waals surface area contributed by atoms with E-state index in [1.807, 2.05) is 0 Å². The number of hydrogen-bond donors (Lipinski definition) is 0. The highest BCUT2D eigenvalue weighted by atomic mass is 79.9. The standard InChI is InChI=1S/C11H20BrNO3S/c1-9-2-5-13(11(9)8-12)17(14,15)10-3-6-16-7-4-10/h9-11H,2-8H2,1H3. The molecule has 0 N–H and O–H groups in total. The molecule has 0 amide bonds. The first-order chi connectivity index (χ1) is 8.07. The van der Waals surface area contributed by atoms with Crippen LogP contribution in [-0.2, 0) is 14.8 Å². The van der Waals surface area contributed by atoms with Crippen molar-refractivity contribution in [3.05, 3.63) is 0 Å². The lowest BCUT2D eigenvalue weighted by Gasteiger charge is -2.31. The smallest absolute Gasteiger partial charge is 0.217 e. The maximum absolute atomic E-state index is 12.6. The largest absolute Gasteiger partial charge is 0.381 e. The third-order valence-corrected chi connectivity index (χ3v) is 6.99. The van der Waals surface area contributed by atoms with E-state index in [4.69, 9.17) is 4.74 Å².